The predicted octanol–water partition coefficient (Wildman–Crippen LogP) is 5.46. The van der Waals surface area contributed by atoms with Crippen molar-refractivity contribution in [2.45, 2.75) is 28.1 Å². The van der Waals surface area contributed by atoms with Crippen LogP contribution in [0.4, 0.5) is 0 Å². The SMILES string of the molecule is CC1(C)CC(I)(I)CC=C1c1ccccc1. The van der Waals surface area contributed by atoms with Crippen molar-refractivity contribution in [2.75, 3.05) is 0 Å². The number of rotatable bonds is 1. The molecule has 86 valence electrons. The average Bonchev–Trinajstić information content (AvgIpc) is 2.16. The lowest BCUT2D eigenvalue weighted by Crippen LogP contribution is -2.28. The fraction of sp³-hybridized carbons (Fsp3) is 0.429. The summed E-state index contributed by atoms with van der Waals surface area (Å²) in [5.41, 5.74) is 3.18. The molecule has 2 rings (SSSR count). The third-order valence-electron chi connectivity index (χ3n) is 3.12. The lowest BCUT2D eigenvalue weighted by atomic mass is 9.73. The van der Waals surface area contributed by atoms with Crippen molar-refractivity contribution in [3.63, 3.8) is 0 Å². The van der Waals surface area contributed by atoms with Gasteiger partial charge in [0.15, 0.2) is 0 Å². The molecule has 1 aliphatic carbocycles. The molecule has 0 saturated carbocycles. The number of hydrogen-bond acceptors (Lipinski definition) is 0. The summed E-state index contributed by atoms with van der Waals surface area (Å²) in [5.74, 6) is 0. The van der Waals surface area contributed by atoms with Gasteiger partial charge >= 0.3 is 0 Å². The Morgan fingerprint density at radius 2 is 1.69 bits per heavy atom. The molecule has 0 fully saturated rings. The second kappa shape index (κ2) is 4.59. The minimum absolute atomic E-state index is 0.280. The van der Waals surface area contributed by atoms with Crippen LogP contribution < -0.4 is 0 Å². The molecule has 0 N–H and O–H groups in total. The molecule has 0 aliphatic heterocycles. The average molecular weight is 438 g/mol. The van der Waals surface area contributed by atoms with Crippen molar-refractivity contribution >= 4 is 50.8 Å². The van der Waals surface area contributed by atoms with E-state index in [0.717, 1.165) is 0 Å². The molecule has 0 saturated heterocycles. The van der Waals surface area contributed by atoms with E-state index < -0.39 is 0 Å². The number of hydrogen-bond donors (Lipinski definition) is 0. The summed E-state index contributed by atoms with van der Waals surface area (Å²) in [7, 11) is 0. The Balaban J connectivity index is 2.39. The van der Waals surface area contributed by atoms with Crippen molar-refractivity contribution in [1.82, 2.24) is 0 Å². The summed E-state index contributed by atoms with van der Waals surface area (Å²) >= 11 is 5.18. The lowest BCUT2D eigenvalue weighted by molar-refractivity contribution is 0.433. The van der Waals surface area contributed by atoms with Crippen LogP contribution in [0.25, 0.3) is 5.57 Å². The molecule has 0 radical (unpaired) electrons. The van der Waals surface area contributed by atoms with E-state index in [1.54, 1.807) is 0 Å². The fourth-order valence-electron chi connectivity index (χ4n) is 2.47. The number of allylic oxidation sites excluding steroid dienone is 2. The quantitative estimate of drug-likeness (QED) is 0.404. The summed E-state index contributed by atoms with van der Waals surface area (Å²) in [6.07, 6.45) is 4.83. The smallest absolute Gasteiger partial charge is 0.0777 e. The van der Waals surface area contributed by atoms with Gasteiger partial charge in [0.25, 0.3) is 0 Å². The minimum atomic E-state index is 0.280. The Kier molecular flexibility index (Phi) is 3.69. The van der Waals surface area contributed by atoms with Gasteiger partial charge in [-0.25, -0.2) is 0 Å². The molecule has 0 bridgehead atoms. The monoisotopic (exact) mass is 438 g/mol. The van der Waals surface area contributed by atoms with Gasteiger partial charge in [0, 0.05) is 0 Å². The Bertz CT molecular complexity index is 402. The largest absolute Gasteiger partial charge is 0.0781 e. The summed E-state index contributed by atoms with van der Waals surface area (Å²) in [4.78, 5) is 0. The Hall–Kier alpha value is 0.420. The van der Waals surface area contributed by atoms with Gasteiger partial charge in [-0.2, -0.15) is 0 Å². The van der Waals surface area contributed by atoms with Gasteiger partial charge in [0.2, 0.25) is 0 Å². The van der Waals surface area contributed by atoms with Gasteiger partial charge in [-0.15, -0.1) is 0 Å². The highest BCUT2D eigenvalue weighted by molar-refractivity contribution is 14.2. The maximum Gasteiger partial charge on any atom is 0.0777 e. The summed E-state index contributed by atoms with van der Waals surface area (Å²) < 4.78 is 0.386. The maximum atomic E-state index is 2.59. The van der Waals surface area contributed by atoms with E-state index in [0.29, 0.717) is 1.43 Å². The summed E-state index contributed by atoms with van der Waals surface area (Å²) in [6.45, 7) is 4.72. The van der Waals surface area contributed by atoms with Gasteiger partial charge < -0.3 is 0 Å². The summed E-state index contributed by atoms with van der Waals surface area (Å²) in [6, 6.07) is 10.8. The standard InChI is InChI=1S/C14H16I2/c1-13(2)10-14(15,16)9-8-12(13)11-6-4-3-5-7-11/h3-8H,9-10H2,1-2H3. The van der Waals surface area contributed by atoms with Crippen molar-refractivity contribution in [3.8, 4) is 0 Å². The van der Waals surface area contributed by atoms with Crippen molar-refractivity contribution in [3.05, 3.63) is 42.0 Å². The van der Waals surface area contributed by atoms with Crippen LogP contribution >= 0.6 is 45.2 Å². The summed E-state index contributed by atoms with van der Waals surface area (Å²) in [5, 5.41) is 0. The van der Waals surface area contributed by atoms with Crippen LogP contribution in [0.2, 0.25) is 0 Å². The first-order chi connectivity index (χ1) is 7.41. The number of alkyl halides is 2. The lowest BCUT2D eigenvalue weighted by Gasteiger charge is -2.39. The third kappa shape index (κ3) is 2.81. The van der Waals surface area contributed by atoms with E-state index in [1.807, 2.05) is 0 Å². The van der Waals surface area contributed by atoms with Crippen molar-refractivity contribution < 1.29 is 0 Å². The molecular weight excluding hydrogens is 422 g/mol. The molecular formula is C14H16I2. The molecule has 0 aromatic heterocycles. The van der Waals surface area contributed by atoms with E-state index in [2.05, 4.69) is 95.4 Å². The highest BCUT2D eigenvalue weighted by Crippen LogP contribution is 2.52. The second-order valence-electron chi connectivity index (χ2n) is 5.10. The van der Waals surface area contributed by atoms with E-state index >= 15 is 0 Å². The molecule has 1 aromatic carbocycles. The van der Waals surface area contributed by atoms with Crippen LogP contribution in [0.5, 0.6) is 0 Å². The van der Waals surface area contributed by atoms with Gasteiger partial charge in [0.05, 0.1) is 1.43 Å². The Labute approximate surface area is 125 Å². The van der Waals surface area contributed by atoms with Crippen LogP contribution in [-0.2, 0) is 0 Å². The maximum absolute atomic E-state index is 2.59. The van der Waals surface area contributed by atoms with Crippen LogP contribution in [0.3, 0.4) is 0 Å². The van der Waals surface area contributed by atoms with Gasteiger partial charge in [-0.1, -0.05) is 95.4 Å². The molecule has 0 spiro atoms. The molecule has 2 heteroatoms. The Morgan fingerprint density at radius 3 is 2.25 bits per heavy atom. The molecule has 0 heterocycles. The van der Waals surface area contributed by atoms with Crippen LogP contribution in [0.1, 0.15) is 32.3 Å². The normalized spacial score (nSPS) is 22.6. The molecule has 1 aliphatic rings. The van der Waals surface area contributed by atoms with E-state index in [9.17, 15) is 0 Å². The molecule has 0 amide bonds. The van der Waals surface area contributed by atoms with Crippen molar-refractivity contribution in [1.29, 1.82) is 0 Å². The first-order valence-corrected chi connectivity index (χ1v) is 7.70. The van der Waals surface area contributed by atoms with Crippen LogP contribution in [0.15, 0.2) is 36.4 Å². The third-order valence-corrected chi connectivity index (χ3v) is 4.76. The molecule has 0 unspecified atom stereocenters. The van der Waals surface area contributed by atoms with E-state index in [-0.39, 0.29) is 5.41 Å². The number of halogens is 2. The zero-order valence-corrected chi connectivity index (χ0v) is 13.9. The highest BCUT2D eigenvalue weighted by Gasteiger charge is 2.37. The first-order valence-electron chi connectivity index (χ1n) is 5.55. The fourth-order valence-corrected chi connectivity index (χ4v) is 4.82. The highest BCUT2D eigenvalue weighted by atomic mass is 127. The zero-order chi connectivity index (χ0) is 11.8. The minimum Gasteiger partial charge on any atom is -0.0781 e. The second-order valence-corrected chi connectivity index (χ2v) is 11.3. The molecule has 1 aromatic rings. The molecule has 16 heavy (non-hydrogen) atoms. The van der Waals surface area contributed by atoms with E-state index in [4.69, 9.17) is 0 Å². The van der Waals surface area contributed by atoms with Gasteiger partial charge in [-0.05, 0) is 29.4 Å². The molecule has 0 nitrogen and oxygen atoms in total. The topological polar surface area (TPSA) is 0 Å². The zero-order valence-electron chi connectivity index (χ0n) is 9.63. The Morgan fingerprint density at radius 1 is 1.06 bits per heavy atom. The van der Waals surface area contributed by atoms with Crippen LogP contribution in [0, 0.1) is 5.41 Å². The first kappa shape index (κ1) is 12.9. The van der Waals surface area contributed by atoms with Gasteiger partial charge in [0.1, 0.15) is 0 Å². The number of benzene rings is 1. The molecule has 0 atom stereocenters. The van der Waals surface area contributed by atoms with E-state index in [1.165, 1.54) is 24.0 Å². The predicted molar refractivity (Wildman–Crippen MR) is 88.2 cm³/mol. The van der Waals surface area contributed by atoms with Crippen LogP contribution in [-0.4, -0.2) is 1.43 Å². The van der Waals surface area contributed by atoms with Gasteiger partial charge in [-0.3, -0.25) is 0 Å². The van der Waals surface area contributed by atoms with Crippen molar-refractivity contribution in [2.24, 2.45) is 5.41 Å².